The van der Waals surface area contributed by atoms with E-state index in [2.05, 4.69) is 15.3 Å². The van der Waals surface area contributed by atoms with Gasteiger partial charge in [-0.25, -0.2) is 9.97 Å². The van der Waals surface area contributed by atoms with Crippen molar-refractivity contribution in [3.8, 4) is 0 Å². The maximum absolute atomic E-state index is 12.8. The Morgan fingerprint density at radius 3 is 2.65 bits per heavy atom. The molecule has 7 heteroatoms. The number of morpholine rings is 1. The highest BCUT2D eigenvalue weighted by atomic mass is 35.5. The van der Waals surface area contributed by atoms with Gasteiger partial charge in [-0.15, -0.1) is 0 Å². The van der Waals surface area contributed by atoms with Crippen LogP contribution in [0.2, 0.25) is 5.02 Å². The maximum Gasteiger partial charge on any atom is 0.272 e. The molecule has 1 atom stereocenters. The zero-order valence-corrected chi connectivity index (χ0v) is 15.8. The van der Waals surface area contributed by atoms with E-state index < -0.39 is 0 Å². The van der Waals surface area contributed by atoms with Crippen molar-refractivity contribution < 1.29 is 9.53 Å². The van der Waals surface area contributed by atoms with Crippen molar-refractivity contribution in [2.45, 2.75) is 26.3 Å². The molecule has 1 N–H and O–H groups in total. The van der Waals surface area contributed by atoms with Gasteiger partial charge in [-0.05, 0) is 18.9 Å². The van der Waals surface area contributed by atoms with Crippen molar-refractivity contribution in [1.29, 1.82) is 0 Å². The zero-order chi connectivity index (χ0) is 18.5. The van der Waals surface area contributed by atoms with E-state index in [1.54, 1.807) is 0 Å². The first-order chi connectivity index (χ1) is 12.6. The quantitative estimate of drug-likeness (QED) is 0.870. The summed E-state index contributed by atoms with van der Waals surface area (Å²) >= 11 is 6.19. The molecule has 1 fully saturated rings. The van der Waals surface area contributed by atoms with Crippen molar-refractivity contribution in [1.82, 2.24) is 15.3 Å². The molecule has 0 bridgehead atoms. The number of amides is 1. The van der Waals surface area contributed by atoms with Crippen LogP contribution in [-0.4, -0.2) is 42.2 Å². The third-order valence-corrected chi connectivity index (χ3v) is 4.71. The third kappa shape index (κ3) is 4.31. The van der Waals surface area contributed by atoms with E-state index in [0.29, 0.717) is 32.3 Å². The van der Waals surface area contributed by atoms with Crippen LogP contribution in [0.3, 0.4) is 0 Å². The van der Waals surface area contributed by atoms with Crippen LogP contribution in [0.5, 0.6) is 0 Å². The molecule has 0 saturated carbocycles. The summed E-state index contributed by atoms with van der Waals surface area (Å²) < 4.78 is 5.34. The van der Waals surface area contributed by atoms with Crippen LogP contribution < -0.4 is 10.2 Å². The van der Waals surface area contributed by atoms with Crippen LogP contribution in [0.15, 0.2) is 30.5 Å². The minimum absolute atomic E-state index is 0.0963. The van der Waals surface area contributed by atoms with Crippen molar-refractivity contribution in [3.63, 3.8) is 0 Å². The minimum Gasteiger partial charge on any atom is -0.378 e. The summed E-state index contributed by atoms with van der Waals surface area (Å²) in [4.78, 5) is 23.4. The highest BCUT2D eigenvalue weighted by Crippen LogP contribution is 2.21. The van der Waals surface area contributed by atoms with Gasteiger partial charge in [0.2, 0.25) is 5.95 Å². The fourth-order valence-corrected chi connectivity index (χ4v) is 3.06. The monoisotopic (exact) mass is 374 g/mol. The first kappa shape index (κ1) is 18.6. The van der Waals surface area contributed by atoms with Gasteiger partial charge in [0.15, 0.2) is 5.69 Å². The number of aryl methyl sites for hydroxylation is 1. The molecule has 1 aliphatic heterocycles. The number of anilines is 1. The van der Waals surface area contributed by atoms with Crippen LogP contribution in [0, 0.1) is 6.92 Å². The fourth-order valence-electron chi connectivity index (χ4n) is 2.88. The highest BCUT2D eigenvalue weighted by Gasteiger charge is 2.21. The second-order valence-electron chi connectivity index (χ2n) is 6.31. The molecule has 138 valence electrons. The summed E-state index contributed by atoms with van der Waals surface area (Å²) in [7, 11) is 0. The Kier molecular flexibility index (Phi) is 6.06. The second kappa shape index (κ2) is 8.47. The van der Waals surface area contributed by atoms with Crippen molar-refractivity contribution in [2.24, 2.45) is 0 Å². The number of rotatable bonds is 5. The lowest BCUT2D eigenvalue weighted by Gasteiger charge is -2.27. The molecule has 1 amide bonds. The maximum atomic E-state index is 12.8. The average molecular weight is 375 g/mol. The van der Waals surface area contributed by atoms with Gasteiger partial charge in [0, 0.05) is 13.1 Å². The molecule has 1 aliphatic rings. The molecule has 26 heavy (non-hydrogen) atoms. The van der Waals surface area contributed by atoms with Gasteiger partial charge in [0.25, 0.3) is 5.91 Å². The largest absolute Gasteiger partial charge is 0.378 e. The number of aromatic nitrogens is 2. The Hall–Kier alpha value is -2.18. The first-order valence-corrected chi connectivity index (χ1v) is 9.19. The van der Waals surface area contributed by atoms with Gasteiger partial charge < -0.3 is 15.0 Å². The van der Waals surface area contributed by atoms with Crippen molar-refractivity contribution in [3.05, 3.63) is 52.3 Å². The predicted octanol–water partition coefficient (Wildman–Crippen LogP) is 3.16. The van der Waals surface area contributed by atoms with Crippen LogP contribution in [-0.2, 0) is 4.74 Å². The average Bonchev–Trinajstić information content (AvgIpc) is 2.68. The zero-order valence-electron chi connectivity index (χ0n) is 15.0. The molecule has 0 radical (unpaired) electrons. The Balaban J connectivity index is 1.78. The molecular formula is C19H23ClN4O2. The van der Waals surface area contributed by atoms with E-state index in [0.717, 1.165) is 12.0 Å². The number of benzene rings is 1. The molecule has 0 unspecified atom stereocenters. The number of halogens is 1. The summed E-state index contributed by atoms with van der Waals surface area (Å²) in [5.74, 6) is 0.213. The predicted molar refractivity (Wildman–Crippen MR) is 102 cm³/mol. The van der Waals surface area contributed by atoms with Crippen LogP contribution >= 0.6 is 11.6 Å². The molecule has 2 heterocycles. The van der Waals surface area contributed by atoms with E-state index in [9.17, 15) is 4.79 Å². The minimum atomic E-state index is -0.292. The number of carbonyl (C=O) groups excluding carboxylic acids is 1. The van der Waals surface area contributed by atoms with E-state index in [1.807, 2.05) is 43.0 Å². The lowest BCUT2D eigenvalue weighted by Crippen LogP contribution is -2.38. The molecule has 3 rings (SSSR count). The van der Waals surface area contributed by atoms with Gasteiger partial charge in [0.05, 0.1) is 30.5 Å². The molecule has 1 saturated heterocycles. The van der Waals surface area contributed by atoms with Gasteiger partial charge in [0.1, 0.15) is 0 Å². The Bertz CT molecular complexity index is 761. The Morgan fingerprint density at radius 1 is 1.31 bits per heavy atom. The standard InChI is InChI=1S/C19H23ClN4O2/c1-3-16(14-6-4-13(2)5-7-14)22-18(25)17-15(20)12-21-19(23-17)24-8-10-26-11-9-24/h4-7,12,16H,3,8-11H2,1-2H3,(H,22,25)/t16-/m1/s1. The number of hydrogen-bond donors (Lipinski definition) is 1. The normalized spacial score (nSPS) is 15.6. The third-order valence-electron chi connectivity index (χ3n) is 4.43. The van der Waals surface area contributed by atoms with E-state index in [-0.39, 0.29) is 22.7 Å². The molecule has 2 aromatic rings. The lowest BCUT2D eigenvalue weighted by atomic mass is 10.0. The van der Waals surface area contributed by atoms with E-state index in [1.165, 1.54) is 11.8 Å². The summed E-state index contributed by atoms with van der Waals surface area (Å²) in [5, 5.41) is 3.28. The van der Waals surface area contributed by atoms with Gasteiger partial charge in [-0.3, -0.25) is 4.79 Å². The SMILES string of the molecule is CC[C@@H](NC(=O)c1nc(N2CCOCC2)ncc1Cl)c1ccc(C)cc1. The molecule has 1 aromatic heterocycles. The van der Waals surface area contributed by atoms with Gasteiger partial charge in [-0.1, -0.05) is 48.4 Å². The number of nitrogens with one attached hydrogen (secondary N) is 1. The van der Waals surface area contributed by atoms with Gasteiger partial charge >= 0.3 is 0 Å². The Labute approximate surface area is 158 Å². The topological polar surface area (TPSA) is 67.4 Å². The fraction of sp³-hybridized carbons (Fsp3) is 0.421. The number of ether oxygens (including phenoxy) is 1. The highest BCUT2D eigenvalue weighted by molar-refractivity contribution is 6.33. The molecular weight excluding hydrogens is 352 g/mol. The first-order valence-electron chi connectivity index (χ1n) is 8.81. The molecule has 6 nitrogen and oxygen atoms in total. The summed E-state index contributed by atoms with van der Waals surface area (Å²) in [6.45, 7) is 6.72. The van der Waals surface area contributed by atoms with Crippen LogP contribution in [0.4, 0.5) is 5.95 Å². The smallest absolute Gasteiger partial charge is 0.272 e. The van der Waals surface area contributed by atoms with Crippen LogP contribution in [0.25, 0.3) is 0 Å². The molecule has 0 aliphatic carbocycles. The van der Waals surface area contributed by atoms with Crippen molar-refractivity contribution >= 4 is 23.5 Å². The van der Waals surface area contributed by atoms with Crippen LogP contribution in [0.1, 0.15) is 41.0 Å². The molecule has 0 spiro atoms. The Morgan fingerprint density at radius 2 is 2.00 bits per heavy atom. The van der Waals surface area contributed by atoms with Crippen molar-refractivity contribution in [2.75, 3.05) is 31.2 Å². The van der Waals surface area contributed by atoms with Gasteiger partial charge in [-0.2, -0.15) is 0 Å². The summed E-state index contributed by atoms with van der Waals surface area (Å²) in [6.07, 6.45) is 2.26. The number of nitrogens with zero attached hydrogens (tertiary/aromatic N) is 3. The number of carbonyl (C=O) groups is 1. The van der Waals surface area contributed by atoms with E-state index >= 15 is 0 Å². The summed E-state index contributed by atoms with van der Waals surface area (Å²) in [5.41, 5.74) is 2.45. The lowest BCUT2D eigenvalue weighted by molar-refractivity contribution is 0.0930. The van der Waals surface area contributed by atoms with E-state index in [4.69, 9.17) is 16.3 Å². The second-order valence-corrected chi connectivity index (χ2v) is 6.72. The number of hydrogen-bond acceptors (Lipinski definition) is 5. The summed E-state index contributed by atoms with van der Waals surface area (Å²) in [6, 6.07) is 8.05. The molecule has 1 aromatic carbocycles.